The van der Waals surface area contributed by atoms with E-state index in [9.17, 15) is 9.59 Å². The third-order valence-electron chi connectivity index (χ3n) is 5.64. The van der Waals surface area contributed by atoms with Gasteiger partial charge >= 0.3 is 0 Å². The fraction of sp³-hybridized carbons (Fsp3) is 0.391. The first-order valence-corrected chi connectivity index (χ1v) is 10.1. The van der Waals surface area contributed by atoms with E-state index in [0.29, 0.717) is 13.2 Å². The topological polar surface area (TPSA) is 58.6 Å². The van der Waals surface area contributed by atoms with Gasteiger partial charge in [-0.05, 0) is 61.6 Å². The lowest BCUT2D eigenvalue weighted by atomic mass is 9.87. The Labute approximate surface area is 165 Å². The molecule has 0 bridgehead atoms. The molecule has 146 valence electrons. The lowest BCUT2D eigenvalue weighted by Crippen LogP contribution is -2.36. The highest BCUT2D eigenvalue weighted by molar-refractivity contribution is 6.00. The normalized spacial score (nSPS) is 21.3. The van der Waals surface area contributed by atoms with Crippen molar-refractivity contribution >= 4 is 17.5 Å². The first-order valence-electron chi connectivity index (χ1n) is 10.1. The zero-order chi connectivity index (χ0) is 19.5. The van der Waals surface area contributed by atoms with Crippen molar-refractivity contribution in [2.75, 3.05) is 18.1 Å². The van der Waals surface area contributed by atoms with E-state index in [1.54, 1.807) is 4.90 Å². The van der Waals surface area contributed by atoms with Crippen LogP contribution in [0.15, 0.2) is 48.5 Å². The standard InChI is InChI=1S/C23H26N2O3/c1-2-28-19-12-10-18(11-13-19)25-15-17(14-22(25)26)23(27)24-21-9-5-7-16-6-3-4-8-20(16)21/h3-4,6,8,10-13,17,21H,2,5,7,9,14-15H2,1H3,(H,24,27)/t17-,21-/m1/s1. The summed E-state index contributed by atoms with van der Waals surface area (Å²) >= 11 is 0. The van der Waals surface area contributed by atoms with Gasteiger partial charge in [0.1, 0.15) is 5.75 Å². The Balaban J connectivity index is 1.42. The van der Waals surface area contributed by atoms with Crippen molar-refractivity contribution in [2.45, 2.75) is 38.6 Å². The number of anilines is 1. The SMILES string of the molecule is CCOc1ccc(N2C[C@H](C(=O)N[C@@H]3CCCc4ccccc43)CC2=O)cc1. The molecule has 0 radical (unpaired) electrons. The molecule has 2 aliphatic rings. The van der Waals surface area contributed by atoms with Gasteiger partial charge in [0.05, 0.1) is 18.6 Å². The molecule has 0 unspecified atom stereocenters. The van der Waals surface area contributed by atoms with Crippen LogP contribution in [-0.4, -0.2) is 25.0 Å². The van der Waals surface area contributed by atoms with E-state index in [-0.39, 0.29) is 30.2 Å². The Hall–Kier alpha value is -2.82. The van der Waals surface area contributed by atoms with Gasteiger partial charge in [0.2, 0.25) is 11.8 Å². The molecule has 0 aromatic heterocycles. The predicted octanol–water partition coefficient (Wildman–Crippen LogP) is 3.63. The summed E-state index contributed by atoms with van der Waals surface area (Å²) in [5.41, 5.74) is 3.35. The van der Waals surface area contributed by atoms with Crippen molar-refractivity contribution in [3.05, 3.63) is 59.7 Å². The van der Waals surface area contributed by atoms with E-state index >= 15 is 0 Å². The molecule has 28 heavy (non-hydrogen) atoms. The Bertz CT molecular complexity index is 862. The maximum atomic E-state index is 12.9. The van der Waals surface area contributed by atoms with Gasteiger partial charge < -0.3 is 15.0 Å². The quantitative estimate of drug-likeness (QED) is 0.864. The van der Waals surface area contributed by atoms with Gasteiger partial charge in [-0.3, -0.25) is 9.59 Å². The molecular formula is C23H26N2O3. The van der Waals surface area contributed by atoms with E-state index in [0.717, 1.165) is 30.7 Å². The number of nitrogens with zero attached hydrogens (tertiary/aromatic N) is 1. The average molecular weight is 378 g/mol. The van der Waals surface area contributed by atoms with Crippen LogP contribution in [0.1, 0.15) is 43.4 Å². The molecule has 1 aliphatic heterocycles. The smallest absolute Gasteiger partial charge is 0.227 e. The van der Waals surface area contributed by atoms with Crippen LogP contribution >= 0.6 is 0 Å². The number of aryl methyl sites for hydroxylation is 1. The molecule has 1 fully saturated rings. The van der Waals surface area contributed by atoms with Gasteiger partial charge in [0.25, 0.3) is 0 Å². The number of nitrogens with one attached hydrogen (secondary N) is 1. The Morgan fingerprint density at radius 2 is 1.96 bits per heavy atom. The third-order valence-corrected chi connectivity index (χ3v) is 5.64. The zero-order valence-corrected chi connectivity index (χ0v) is 16.2. The lowest BCUT2D eigenvalue weighted by molar-refractivity contribution is -0.127. The molecule has 2 aromatic carbocycles. The van der Waals surface area contributed by atoms with Crippen molar-refractivity contribution in [2.24, 2.45) is 5.92 Å². The van der Waals surface area contributed by atoms with Crippen LogP contribution in [0, 0.1) is 5.92 Å². The molecule has 1 N–H and O–H groups in total. The molecule has 1 heterocycles. The molecule has 5 heteroatoms. The van der Waals surface area contributed by atoms with E-state index in [1.165, 1.54) is 11.1 Å². The number of ether oxygens (including phenoxy) is 1. The molecule has 2 amide bonds. The van der Waals surface area contributed by atoms with Crippen molar-refractivity contribution in [3.8, 4) is 5.75 Å². The van der Waals surface area contributed by atoms with Crippen LogP contribution < -0.4 is 15.0 Å². The van der Waals surface area contributed by atoms with Crippen LogP contribution in [0.5, 0.6) is 5.75 Å². The summed E-state index contributed by atoms with van der Waals surface area (Å²) in [6.45, 7) is 2.97. The van der Waals surface area contributed by atoms with Crippen molar-refractivity contribution < 1.29 is 14.3 Å². The van der Waals surface area contributed by atoms with Gasteiger partial charge in [-0.1, -0.05) is 24.3 Å². The third kappa shape index (κ3) is 3.75. The minimum atomic E-state index is -0.312. The Morgan fingerprint density at radius 1 is 1.18 bits per heavy atom. The van der Waals surface area contributed by atoms with Gasteiger partial charge in [0.15, 0.2) is 0 Å². The van der Waals surface area contributed by atoms with Crippen LogP contribution in [0.2, 0.25) is 0 Å². The molecule has 1 saturated heterocycles. The molecular weight excluding hydrogens is 352 g/mol. The minimum Gasteiger partial charge on any atom is -0.494 e. The summed E-state index contributed by atoms with van der Waals surface area (Å²) in [5, 5.41) is 3.20. The van der Waals surface area contributed by atoms with Gasteiger partial charge in [-0.15, -0.1) is 0 Å². The maximum absolute atomic E-state index is 12.9. The fourth-order valence-corrected chi connectivity index (χ4v) is 4.22. The molecule has 0 saturated carbocycles. The number of amides is 2. The second kappa shape index (κ2) is 8.05. The van der Waals surface area contributed by atoms with Crippen molar-refractivity contribution in [1.29, 1.82) is 0 Å². The fourth-order valence-electron chi connectivity index (χ4n) is 4.22. The summed E-state index contributed by atoms with van der Waals surface area (Å²) in [4.78, 5) is 27.1. The number of hydrogen-bond donors (Lipinski definition) is 1. The summed E-state index contributed by atoms with van der Waals surface area (Å²) in [6.07, 6.45) is 3.35. The Kier molecular flexibility index (Phi) is 5.33. The molecule has 4 rings (SSSR count). The van der Waals surface area contributed by atoms with E-state index in [1.807, 2.05) is 43.3 Å². The largest absolute Gasteiger partial charge is 0.494 e. The highest BCUT2D eigenvalue weighted by atomic mass is 16.5. The first kappa shape index (κ1) is 18.5. The number of carbonyl (C=O) groups excluding carboxylic acids is 2. The highest BCUT2D eigenvalue weighted by Gasteiger charge is 2.36. The molecule has 0 spiro atoms. The lowest BCUT2D eigenvalue weighted by Gasteiger charge is -2.27. The predicted molar refractivity (Wildman–Crippen MR) is 108 cm³/mol. The van der Waals surface area contributed by atoms with Crippen LogP contribution in [0.4, 0.5) is 5.69 Å². The summed E-state index contributed by atoms with van der Waals surface area (Å²) in [5.74, 6) is 0.438. The summed E-state index contributed by atoms with van der Waals surface area (Å²) < 4.78 is 5.46. The van der Waals surface area contributed by atoms with Crippen molar-refractivity contribution in [3.63, 3.8) is 0 Å². The first-order chi connectivity index (χ1) is 13.7. The Morgan fingerprint density at radius 3 is 2.75 bits per heavy atom. The molecule has 2 aromatic rings. The van der Waals surface area contributed by atoms with E-state index in [4.69, 9.17) is 4.74 Å². The number of rotatable bonds is 5. The monoisotopic (exact) mass is 378 g/mol. The molecule has 2 atom stereocenters. The highest BCUT2D eigenvalue weighted by Crippen LogP contribution is 2.31. The second-order valence-corrected chi connectivity index (χ2v) is 7.48. The zero-order valence-electron chi connectivity index (χ0n) is 16.2. The van der Waals surface area contributed by atoms with Crippen LogP contribution in [0.3, 0.4) is 0 Å². The molecule has 5 nitrogen and oxygen atoms in total. The number of carbonyl (C=O) groups is 2. The van der Waals surface area contributed by atoms with Gasteiger partial charge in [-0.2, -0.15) is 0 Å². The number of hydrogen-bond acceptors (Lipinski definition) is 3. The maximum Gasteiger partial charge on any atom is 0.227 e. The number of fused-ring (bicyclic) bond motifs is 1. The van der Waals surface area contributed by atoms with Gasteiger partial charge in [-0.25, -0.2) is 0 Å². The van der Waals surface area contributed by atoms with E-state index < -0.39 is 0 Å². The number of benzene rings is 2. The minimum absolute atomic E-state index is 0.00615. The van der Waals surface area contributed by atoms with Crippen LogP contribution in [-0.2, 0) is 16.0 Å². The average Bonchev–Trinajstić information content (AvgIpc) is 3.11. The van der Waals surface area contributed by atoms with Gasteiger partial charge in [0, 0.05) is 18.7 Å². The second-order valence-electron chi connectivity index (χ2n) is 7.48. The summed E-state index contributed by atoms with van der Waals surface area (Å²) in [7, 11) is 0. The van der Waals surface area contributed by atoms with E-state index in [2.05, 4.69) is 17.4 Å². The molecule has 1 aliphatic carbocycles. The van der Waals surface area contributed by atoms with Crippen molar-refractivity contribution in [1.82, 2.24) is 5.32 Å². The van der Waals surface area contributed by atoms with Crippen LogP contribution in [0.25, 0.3) is 0 Å². The summed E-state index contributed by atoms with van der Waals surface area (Å²) in [6, 6.07) is 15.8.